The summed E-state index contributed by atoms with van der Waals surface area (Å²) < 4.78 is 0. The van der Waals surface area contributed by atoms with Gasteiger partial charge in [0.25, 0.3) is 0 Å². The molecule has 0 saturated carbocycles. The number of amides is 3. The van der Waals surface area contributed by atoms with Crippen LogP contribution >= 0.6 is 11.3 Å². The molecule has 2 N–H and O–H groups in total. The summed E-state index contributed by atoms with van der Waals surface area (Å²) in [7, 11) is 0. The van der Waals surface area contributed by atoms with Gasteiger partial charge in [0.1, 0.15) is 16.9 Å². The summed E-state index contributed by atoms with van der Waals surface area (Å²) in [4.78, 5) is 32.7. The Morgan fingerprint density at radius 1 is 1.19 bits per heavy atom. The lowest BCUT2D eigenvalue weighted by molar-refractivity contribution is -0.117. The number of rotatable bonds is 4. The van der Waals surface area contributed by atoms with E-state index in [4.69, 9.17) is 0 Å². The van der Waals surface area contributed by atoms with Crippen molar-refractivity contribution in [3.05, 3.63) is 29.4 Å². The molecule has 2 aromatic rings. The lowest BCUT2D eigenvalue weighted by Gasteiger charge is -2.35. The number of aromatic nitrogens is 3. The maximum Gasteiger partial charge on any atom is 0.318 e. The van der Waals surface area contributed by atoms with Crippen molar-refractivity contribution in [3.8, 4) is 0 Å². The minimum absolute atomic E-state index is 0.248. The summed E-state index contributed by atoms with van der Waals surface area (Å²) in [6, 6.07) is 4.86. The number of aryl methyl sites for hydroxylation is 1. The molecular formula is C16H21N7O2S. The summed E-state index contributed by atoms with van der Waals surface area (Å²) in [6.45, 7) is 6.01. The Kier molecular flexibility index (Phi) is 5.61. The Labute approximate surface area is 155 Å². The molecule has 138 valence electrons. The predicted octanol–water partition coefficient (Wildman–Crippen LogP) is 1.10. The predicted molar refractivity (Wildman–Crippen MR) is 99.3 cm³/mol. The molecule has 0 bridgehead atoms. The Bertz CT molecular complexity index is 759. The fraction of sp³-hybridized carbons (Fsp3) is 0.438. The Morgan fingerprint density at radius 2 is 1.96 bits per heavy atom. The second kappa shape index (κ2) is 8.09. The van der Waals surface area contributed by atoms with Crippen LogP contribution in [0.4, 0.5) is 15.7 Å². The van der Waals surface area contributed by atoms with E-state index in [0.29, 0.717) is 31.3 Å². The summed E-state index contributed by atoms with van der Waals surface area (Å²) in [5.74, 6) is 0.592. The maximum atomic E-state index is 12.4. The van der Waals surface area contributed by atoms with Crippen LogP contribution in [0, 0.1) is 6.92 Å². The molecule has 10 heteroatoms. The topological polar surface area (TPSA) is 103 Å². The fourth-order valence-corrected chi connectivity index (χ4v) is 3.18. The Morgan fingerprint density at radius 3 is 2.58 bits per heavy atom. The van der Waals surface area contributed by atoms with Crippen LogP contribution in [0.5, 0.6) is 0 Å². The van der Waals surface area contributed by atoms with Crippen LogP contribution in [0.25, 0.3) is 0 Å². The van der Waals surface area contributed by atoms with Gasteiger partial charge in [-0.2, -0.15) is 0 Å². The van der Waals surface area contributed by atoms with Crippen LogP contribution in [-0.4, -0.2) is 64.2 Å². The molecule has 3 rings (SSSR count). The quantitative estimate of drug-likeness (QED) is 0.829. The average molecular weight is 375 g/mol. The fourth-order valence-electron chi connectivity index (χ4n) is 2.58. The smallest absolute Gasteiger partial charge is 0.318 e. The molecule has 0 spiro atoms. The van der Waals surface area contributed by atoms with Gasteiger partial charge in [0.2, 0.25) is 11.0 Å². The van der Waals surface area contributed by atoms with Crippen molar-refractivity contribution < 1.29 is 9.59 Å². The highest BCUT2D eigenvalue weighted by Crippen LogP contribution is 2.14. The van der Waals surface area contributed by atoms with Gasteiger partial charge >= 0.3 is 6.03 Å². The van der Waals surface area contributed by atoms with Gasteiger partial charge in [-0.05, 0) is 26.0 Å². The molecule has 0 aromatic carbocycles. The first kappa shape index (κ1) is 18.1. The number of hydrogen-bond acceptors (Lipinski definition) is 7. The van der Waals surface area contributed by atoms with E-state index in [-0.39, 0.29) is 11.9 Å². The molecule has 0 aliphatic carbocycles. The number of nitrogens with zero attached hydrogens (tertiary/aromatic N) is 5. The molecule has 1 aliphatic heterocycles. The molecule has 1 saturated heterocycles. The standard InChI is InChI=1S/C16H21N7O2S/c1-11(14(24)19-15-21-20-12(2)26-15)18-16(25)23-9-7-22(8-10-23)13-5-3-4-6-17-13/h3-6,11H,7-10H2,1-2H3,(H,18,25)(H,19,21,24)/t11-/m0/s1. The zero-order chi connectivity index (χ0) is 18.5. The Balaban J connectivity index is 1.47. The van der Waals surface area contributed by atoms with Gasteiger partial charge < -0.3 is 15.1 Å². The lowest BCUT2D eigenvalue weighted by atomic mass is 10.3. The molecule has 2 aromatic heterocycles. The van der Waals surface area contributed by atoms with Crippen LogP contribution in [0.15, 0.2) is 24.4 Å². The van der Waals surface area contributed by atoms with E-state index in [1.807, 2.05) is 25.1 Å². The molecule has 3 heterocycles. The zero-order valence-corrected chi connectivity index (χ0v) is 15.5. The van der Waals surface area contributed by atoms with Crippen molar-refractivity contribution in [1.29, 1.82) is 0 Å². The third-order valence-corrected chi connectivity index (χ3v) is 4.78. The molecule has 1 aliphatic rings. The molecule has 3 amide bonds. The second-order valence-corrected chi connectivity index (χ2v) is 7.13. The molecule has 1 atom stereocenters. The van der Waals surface area contributed by atoms with Crippen LogP contribution in [0.2, 0.25) is 0 Å². The van der Waals surface area contributed by atoms with Crippen LogP contribution < -0.4 is 15.5 Å². The number of hydrogen-bond donors (Lipinski definition) is 2. The van der Waals surface area contributed by atoms with E-state index in [2.05, 4.69) is 30.7 Å². The van der Waals surface area contributed by atoms with Crippen LogP contribution in [0.1, 0.15) is 11.9 Å². The number of piperazine rings is 1. The van der Waals surface area contributed by atoms with Gasteiger partial charge in [0, 0.05) is 32.4 Å². The van der Waals surface area contributed by atoms with Gasteiger partial charge in [0.05, 0.1) is 0 Å². The monoisotopic (exact) mass is 375 g/mol. The van der Waals surface area contributed by atoms with Gasteiger partial charge in [-0.3, -0.25) is 10.1 Å². The summed E-state index contributed by atoms with van der Waals surface area (Å²) in [5, 5.41) is 14.3. The third-order valence-electron chi connectivity index (χ3n) is 4.03. The molecule has 9 nitrogen and oxygen atoms in total. The van der Waals surface area contributed by atoms with Crippen LogP contribution in [0.3, 0.4) is 0 Å². The van der Waals surface area contributed by atoms with Crippen molar-refractivity contribution in [3.63, 3.8) is 0 Å². The first-order valence-corrected chi connectivity index (χ1v) is 9.17. The van der Waals surface area contributed by atoms with E-state index in [9.17, 15) is 9.59 Å². The van der Waals surface area contributed by atoms with E-state index in [0.717, 1.165) is 10.8 Å². The minimum atomic E-state index is -0.666. The summed E-state index contributed by atoms with van der Waals surface area (Å²) in [6.07, 6.45) is 1.76. The van der Waals surface area contributed by atoms with Crippen molar-refractivity contribution in [2.45, 2.75) is 19.9 Å². The maximum absolute atomic E-state index is 12.4. The number of nitrogens with one attached hydrogen (secondary N) is 2. The van der Waals surface area contributed by atoms with E-state index >= 15 is 0 Å². The first-order valence-electron chi connectivity index (χ1n) is 8.35. The van der Waals surface area contributed by atoms with Crippen molar-refractivity contribution >= 4 is 34.2 Å². The highest BCUT2D eigenvalue weighted by atomic mass is 32.1. The number of anilines is 2. The van der Waals surface area contributed by atoms with E-state index in [1.165, 1.54) is 11.3 Å². The SMILES string of the molecule is Cc1nnc(NC(=O)[C@H](C)NC(=O)N2CCN(c3ccccn3)CC2)s1. The highest BCUT2D eigenvalue weighted by molar-refractivity contribution is 7.15. The number of carbonyl (C=O) groups excluding carboxylic acids is 2. The van der Waals surface area contributed by atoms with E-state index < -0.39 is 6.04 Å². The number of carbonyl (C=O) groups is 2. The third kappa shape index (κ3) is 4.45. The molecule has 0 unspecified atom stereocenters. The molecule has 26 heavy (non-hydrogen) atoms. The highest BCUT2D eigenvalue weighted by Gasteiger charge is 2.24. The van der Waals surface area contributed by atoms with Gasteiger partial charge in [-0.15, -0.1) is 10.2 Å². The number of urea groups is 1. The summed E-state index contributed by atoms with van der Waals surface area (Å²) >= 11 is 1.29. The molecule has 0 radical (unpaired) electrons. The van der Waals surface area contributed by atoms with Gasteiger partial charge in [-0.25, -0.2) is 9.78 Å². The van der Waals surface area contributed by atoms with Gasteiger partial charge in [0.15, 0.2) is 0 Å². The first-order chi connectivity index (χ1) is 12.5. The molecule has 1 fully saturated rings. The largest absolute Gasteiger partial charge is 0.353 e. The van der Waals surface area contributed by atoms with Gasteiger partial charge in [-0.1, -0.05) is 17.4 Å². The number of pyridine rings is 1. The second-order valence-electron chi connectivity index (χ2n) is 5.95. The normalized spacial score (nSPS) is 15.5. The van der Waals surface area contributed by atoms with Crippen molar-refractivity contribution in [2.24, 2.45) is 0 Å². The van der Waals surface area contributed by atoms with Crippen molar-refractivity contribution in [2.75, 3.05) is 36.4 Å². The van der Waals surface area contributed by atoms with E-state index in [1.54, 1.807) is 18.0 Å². The summed E-state index contributed by atoms with van der Waals surface area (Å²) in [5.41, 5.74) is 0. The average Bonchev–Trinajstić information content (AvgIpc) is 3.07. The minimum Gasteiger partial charge on any atom is -0.353 e. The Hall–Kier alpha value is -2.75. The molecular weight excluding hydrogens is 354 g/mol. The van der Waals surface area contributed by atoms with Crippen LogP contribution in [-0.2, 0) is 4.79 Å². The zero-order valence-electron chi connectivity index (χ0n) is 14.7. The lowest BCUT2D eigenvalue weighted by Crippen LogP contribution is -2.54. The van der Waals surface area contributed by atoms with Crippen molar-refractivity contribution in [1.82, 2.24) is 25.4 Å².